The van der Waals surface area contributed by atoms with Crippen LogP contribution in [0.4, 0.5) is 0 Å². The van der Waals surface area contributed by atoms with Gasteiger partial charge in [0.25, 0.3) is 0 Å². The van der Waals surface area contributed by atoms with Crippen LogP contribution >= 0.6 is 0 Å². The molecule has 20 heavy (non-hydrogen) atoms. The maximum Gasteiger partial charge on any atom is 0.339 e. The Bertz CT molecular complexity index is 424. The van der Waals surface area contributed by atoms with E-state index in [4.69, 9.17) is 14.6 Å². The number of carboxylic acids is 1. The Morgan fingerprint density at radius 2 is 1.95 bits per heavy atom. The molecule has 0 saturated heterocycles. The van der Waals surface area contributed by atoms with Gasteiger partial charge in [0.05, 0.1) is 6.61 Å². The van der Waals surface area contributed by atoms with Crippen LogP contribution in [0.2, 0.25) is 0 Å². The number of rotatable bonds is 8. The van der Waals surface area contributed by atoms with Crippen molar-refractivity contribution in [2.24, 2.45) is 5.92 Å². The molecule has 0 aliphatic heterocycles. The first kappa shape index (κ1) is 14.9. The van der Waals surface area contributed by atoms with Crippen LogP contribution in [0, 0.1) is 5.92 Å². The zero-order valence-electron chi connectivity index (χ0n) is 11.7. The Hall–Kier alpha value is -1.55. The molecule has 1 N–H and O–H groups in total. The second-order valence-corrected chi connectivity index (χ2v) is 5.23. The summed E-state index contributed by atoms with van der Waals surface area (Å²) >= 11 is 0. The van der Waals surface area contributed by atoms with Gasteiger partial charge in [0.2, 0.25) is 0 Å². The van der Waals surface area contributed by atoms with Crippen LogP contribution in [0.15, 0.2) is 24.3 Å². The molecule has 0 radical (unpaired) electrons. The average molecular weight is 278 g/mol. The predicted octanol–water partition coefficient (Wildman–Crippen LogP) is 3.36. The van der Waals surface area contributed by atoms with Crippen LogP contribution in [-0.2, 0) is 4.74 Å². The number of carbonyl (C=O) groups is 1. The lowest BCUT2D eigenvalue weighted by molar-refractivity contribution is 0.0690. The number of benzene rings is 1. The molecule has 0 atom stereocenters. The van der Waals surface area contributed by atoms with E-state index in [1.807, 2.05) is 0 Å². The third-order valence-electron chi connectivity index (χ3n) is 3.64. The van der Waals surface area contributed by atoms with Crippen LogP contribution < -0.4 is 4.74 Å². The topological polar surface area (TPSA) is 55.8 Å². The van der Waals surface area contributed by atoms with Gasteiger partial charge in [-0.15, -0.1) is 0 Å². The molecule has 0 spiro atoms. The lowest BCUT2D eigenvalue weighted by atomic mass is 10.1. The minimum absolute atomic E-state index is 0.208. The summed E-state index contributed by atoms with van der Waals surface area (Å²) in [6.07, 6.45) is 6.04. The van der Waals surface area contributed by atoms with Gasteiger partial charge >= 0.3 is 5.97 Å². The predicted molar refractivity (Wildman–Crippen MR) is 76.3 cm³/mol. The summed E-state index contributed by atoms with van der Waals surface area (Å²) in [6.45, 7) is 2.01. The number of ether oxygens (including phenoxy) is 2. The molecule has 0 unspecified atom stereocenters. The van der Waals surface area contributed by atoms with Crippen LogP contribution in [-0.4, -0.2) is 30.9 Å². The molecule has 0 bridgehead atoms. The molecule has 1 fully saturated rings. The molecule has 2 rings (SSSR count). The Morgan fingerprint density at radius 1 is 1.20 bits per heavy atom. The van der Waals surface area contributed by atoms with Crippen LogP contribution in [0.25, 0.3) is 0 Å². The van der Waals surface area contributed by atoms with E-state index in [1.54, 1.807) is 24.3 Å². The van der Waals surface area contributed by atoms with Gasteiger partial charge in [0.15, 0.2) is 0 Å². The monoisotopic (exact) mass is 278 g/mol. The van der Waals surface area contributed by atoms with Gasteiger partial charge < -0.3 is 14.6 Å². The molecule has 110 valence electrons. The summed E-state index contributed by atoms with van der Waals surface area (Å²) in [4.78, 5) is 11.0. The summed E-state index contributed by atoms with van der Waals surface area (Å²) in [6, 6.07) is 6.70. The highest BCUT2D eigenvalue weighted by Crippen LogP contribution is 2.24. The van der Waals surface area contributed by atoms with E-state index >= 15 is 0 Å². The summed E-state index contributed by atoms with van der Waals surface area (Å²) in [7, 11) is 0. The van der Waals surface area contributed by atoms with Crippen molar-refractivity contribution in [1.82, 2.24) is 0 Å². The van der Waals surface area contributed by atoms with Gasteiger partial charge in [-0.1, -0.05) is 25.0 Å². The number of hydrogen-bond donors (Lipinski definition) is 1. The third-order valence-corrected chi connectivity index (χ3v) is 3.64. The van der Waals surface area contributed by atoms with E-state index in [0.29, 0.717) is 19.0 Å². The standard InChI is InChI=1S/C16H22O4/c17-16(18)14-8-3-4-9-15(14)20-11-5-10-19-12-13-6-1-2-7-13/h3-4,8-9,13H,1-2,5-7,10-12H2,(H,17,18). The Kier molecular flexibility index (Phi) is 5.87. The summed E-state index contributed by atoms with van der Waals surface area (Å²) < 4.78 is 11.1. The van der Waals surface area contributed by atoms with E-state index < -0.39 is 5.97 Å². The fourth-order valence-corrected chi connectivity index (χ4v) is 2.54. The molecule has 4 nitrogen and oxygen atoms in total. The highest BCUT2D eigenvalue weighted by Gasteiger charge is 2.14. The molecular formula is C16H22O4. The van der Waals surface area contributed by atoms with Crippen LogP contribution in [0.1, 0.15) is 42.5 Å². The van der Waals surface area contributed by atoms with Crippen LogP contribution in [0.3, 0.4) is 0 Å². The van der Waals surface area contributed by atoms with Crippen molar-refractivity contribution >= 4 is 5.97 Å². The maximum absolute atomic E-state index is 11.0. The molecule has 1 aliphatic carbocycles. The molecule has 4 heteroatoms. The number of aromatic carboxylic acids is 1. The zero-order valence-corrected chi connectivity index (χ0v) is 11.7. The number of para-hydroxylation sites is 1. The molecule has 0 amide bonds. The molecule has 0 heterocycles. The SMILES string of the molecule is O=C(O)c1ccccc1OCCCOCC1CCCC1. The minimum Gasteiger partial charge on any atom is -0.493 e. The van der Waals surface area contributed by atoms with E-state index in [0.717, 1.165) is 18.9 Å². The average Bonchev–Trinajstić information content (AvgIpc) is 2.96. The van der Waals surface area contributed by atoms with Gasteiger partial charge in [0, 0.05) is 19.6 Å². The largest absolute Gasteiger partial charge is 0.493 e. The Morgan fingerprint density at radius 3 is 2.70 bits per heavy atom. The van der Waals surface area contributed by atoms with E-state index in [2.05, 4.69) is 0 Å². The normalized spacial score (nSPS) is 15.4. The summed E-state index contributed by atoms with van der Waals surface area (Å²) in [5.74, 6) is 0.206. The van der Waals surface area contributed by atoms with Gasteiger partial charge in [0.1, 0.15) is 11.3 Å². The van der Waals surface area contributed by atoms with Gasteiger partial charge in [-0.3, -0.25) is 0 Å². The van der Waals surface area contributed by atoms with Gasteiger partial charge in [-0.05, 0) is 30.9 Å². The van der Waals surface area contributed by atoms with Crippen molar-refractivity contribution in [1.29, 1.82) is 0 Å². The van der Waals surface area contributed by atoms with Crippen LogP contribution in [0.5, 0.6) is 5.75 Å². The smallest absolute Gasteiger partial charge is 0.339 e. The fraction of sp³-hybridized carbons (Fsp3) is 0.562. The first-order valence-corrected chi connectivity index (χ1v) is 7.30. The van der Waals surface area contributed by atoms with Crippen molar-refractivity contribution in [2.75, 3.05) is 19.8 Å². The summed E-state index contributed by atoms with van der Waals surface area (Å²) in [5.41, 5.74) is 0.208. The van der Waals surface area contributed by atoms with E-state index in [9.17, 15) is 4.79 Å². The first-order chi connectivity index (χ1) is 9.77. The molecular weight excluding hydrogens is 256 g/mol. The molecule has 1 aromatic carbocycles. The molecule has 0 aromatic heterocycles. The molecule has 1 aromatic rings. The van der Waals surface area contributed by atoms with Crippen molar-refractivity contribution in [3.05, 3.63) is 29.8 Å². The first-order valence-electron chi connectivity index (χ1n) is 7.30. The lowest BCUT2D eigenvalue weighted by Gasteiger charge is -2.11. The second-order valence-electron chi connectivity index (χ2n) is 5.23. The highest BCUT2D eigenvalue weighted by atomic mass is 16.5. The van der Waals surface area contributed by atoms with E-state index in [1.165, 1.54) is 25.7 Å². The Labute approximate surface area is 119 Å². The summed E-state index contributed by atoms with van der Waals surface area (Å²) in [5, 5.41) is 9.02. The second kappa shape index (κ2) is 7.90. The number of hydrogen-bond acceptors (Lipinski definition) is 3. The van der Waals surface area contributed by atoms with Crippen molar-refractivity contribution in [2.45, 2.75) is 32.1 Å². The van der Waals surface area contributed by atoms with Crippen molar-refractivity contribution in [3.63, 3.8) is 0 Å². The third kappa shape index (κ3) is 4.53. The van der Waals surface area contributed by atoms with Gasteiger partial charge in [-0.25, -0.2) is 4.79 Å². The lowest BCUT2D eigenvalue weighted by Crippen LogP contribution is -2.10. The van der Waals surface area contributed by atoms with Gasteiger partial charge in [-0.2, -0.15) is 0 Å². The quantitative estimate of drug-likeness (QED) is 0.741. The van der Waals surface area contributed by atoms with Crippen molar-refractivity contribution < 1.29 is 19.4 Å². The zero-order chi connectivity index (χ0) is 14.2. The minimum atomic E-state index is -0.960. The fourth-order valence-electron chi connectivity index (χ4n) is 2.54. The Balaban J connectivity index is 1.62. The van der Waals surface area contributed by atoms with Crippen molar-refractivity contribution in [3.8, 4) is 5.75 Å². The molecule has 1 aliphatic rings. The number of carboxylic acid groups (broad SMARTS) is 1. The highest BCUT2D eigenvalue weighted by molar-refractivity contribution is 5.90. The molecule has 1 saturated carbocycles. The van der Waals surface area contributed by atoms with E-state index in [-0.39, 0.29) is 5.56 Å². The maximum atomic E-state index is 11.0.